The largest absolute Gasteiger partial charge is 0.497 e. The Bertz CT molecular complexity index is 711. The van der Waals surface area contributed by atoms with Gasteiger partial charge in [-0.2, -0.15) is 0 Å². The third-order valence-electron chi connectivity index (χ3n) is 3.13. The molecule has 0 bridgehead atoms. The van der Waals surface area contributed by atoms with Gasteiger partial charge in [0, 0.05) is 23.7 Å². The monoisotopic (exact) mass is 285 g/mol. The summed E-state index contributed by atoms with van der Waals surface area (Å²) < 4.78 is 5.22. The van der Waals surface area contributed by atoms with E-state index < -0.39 is 0 Å². The first-order valence-electron chi connectivity index (χ1n) is 6.36. The molecule has 0 saturated heterocycles. The molecule has 3 aromatic rings. The number of rotatable bonds is 4. The molecule has 0 fully saturated rings. The molecule has 0 radical (unpaired) electrons. The van der Waals surface area contributed by atoms with E-state index >= 15 is 0 Å². The van der Waals surface area contributed by atoms with Gasteiger partial charge in [0.05, 0.1) is 18.1 Å². The highest BCUT2D eigenvalue weighted by atomic mass is 32.2. The second-order valence-electron chi connectivity index (χ2n) is 4.47. The number of aromatic amines is 1. The summed E-state index contributed by atoms with van der Waals surface area (Å²) in [5.41, 5.74) is 3.19. The van der Waals surface area contributed by atoms with Gasteiger partial charge in [0.2, 0.25) is 0 Å². The van der Waals surface area contributed by atoms with Crippen molar-refractivity contribution in [3.8, 4) is 5.75 Å². The van der Waals surface area contributed by atoms with Crippen LogP contribution in [0.1, 0.15) is 17.7 Å². The van der Waals surface area contributed by atoms with Gasteiger partial charge >= 0.3 is 0 Å². The van der Waals surface area contributed by atoms with Crippen LogP contribution in [0, 0.1) is 0 Å². The number of H-pyrrole nitrogens is 1. The number of thioether (sulfide) groups is 1. The molecule has 1 aromatic carbocycles. The van der Waals surface area contributed by atoms with Gasteiger partial charge in [0.25, 0.3) is 0 Å². The third kappa shape index (κ3) is 2.63. The van der Waals surface area contributed by atoms with Gasteiger partial charge in [-0.3, -0.25) is 4.98 Å². The lowest BCUT2D eigenvalue weighted by Crippen LogP contribution is -1.89. The fourth-order valence-corrected chi connectivity index (χ4v) is 2.97. The third-order valence-corrected chi connectivity index (χ3v) is 4.17. The van der Waals surface area contributed by atoms with E-state index in [1.807, 2.05) is 42.7 Å². The lowest BCUT2D eigenvalue weighted by atomic mass is 10.2. The van der Waals surface area contributed by atoms with Crippen LogP contribution in [0.2, 0.25) is 0 Å². The molecule has 5 heteroatoms. The maximum atomic E-state index is 5.22. The van der Waals surface area contributed by atoms with Crippen LogP contribution < -0.4 is 4.74 Å². The van der Waals surface area contributed by atoms with Crippen LogP contribution >= 0.6 is 11.8 Å². The Labute approximate surface area is 121 Å². The van der Waals surface area contributed by atoms with E-state index in [4.69, 9.17) is 4.74 Å². The molecule has 0 amide bonds. The molecular weight excluding hydrogens is 270 g/mol. The van der Waals surface area contributed by atoms with Crippen molar-refractivity contribution in [2.75, 3.05) is 7.11 Å². The first-order chi connectivity index (χ1) is 9.76. The molecule has 4 nitrogen and oxygen atoms in total. The Kier molecular flexibility index (Phi) is 3.60. The summed E-state index contributed by atoms with van der Waals surface area (Å²) in [6.45, 7) is 2.16. The lowest BCUT2D eigenvalue weighted by Gasteiger charge is -2.08. The second-order valence-corrected chi connectivity index (χ2v) is 5.80. The fraction of sp³-hybridized carbons (Fsp3) is 0.200. The quantitative estimate of drug-likeness (QED) is 0.740. The van der Waals surface area contributed by atoms with Crippen molar-refractivity contribution in [1.82, 2.24) is 15.0 Å². The van der Waals surface area contributed by atoms with Crippen LogP contribution in [-0.4, -0.2) is 22.1 Å². The Morgan fingerprint density at radius 3 is 2.75 bits per heavy atom. The molecule has 0 spiro atoms. The molecule has 2 aromatic heterocycles. The smallest absolute Gasteiger partial charge is 0.166 e. The zero-order valence-electron chi connectivity index (χ0n) is 11.3. The minimum atomic E-state index is 0.320. The van der Waals surface area contributed by atoms with E-state index in [2.05, 4.69) is 21.9 Å². The van der Waals surface area contributed by atoms with Crippen molar-refractivity contribution in [3.05, 3.63) is 48.3 Å². The molecule has 2 heterocycles. The molecule has 0 aliphatic carbocycles. The number of benzene rings is 1. The van der Waals surface area contributed by atoms with Crippen LogP contribution in [0.4, 0.5) is 0 Å². The predicted molar refractivity (Wildman–Crippen MR) is 81.2 cm³/mol. The number of pyridine rings is 1. The van der Waals surface area contributed by atoms with E-state index in [0.717, 1.165) is 21.9 Å². The van der Waals surface area contributed by atoms with Crippen molar-refractivity contribution < 1.29 is 4.74 Å². The molecule has 3 rings (SSSR count). The highest BCUT2D eigenvalue weighted by Gasteiger charge is 2.11. The molecular formula is C15H15N3OS. The minimum absolute atomic E-state index is 0.320. The van der Waals surface area contributed by atoms with Crippen molar-refractivity contribution in [3.63, 3.8) is 0 Å². The van der Waals surface area contributed by atoms with Crippen LogP contribution in [0.25, 0.3) is 11.0 Å². The number of imidazole rings is 1. The summed E-state index contributed by atoms with van der Waals surface area (Å²) in [5, 5.41) is 1.23. The first kappa shape index (κ1) is 13.0. The van der Waals surface area contributed by atoms with Crippen LogP contribution in [0.3, 0.4) is 0 Å². The number of hydrogen-bond acceptors (Lipinski definition) is 4. The first-order valence-corrected chi connectivity index (χ1v) is 7.24. The topological polar surface area (TPSA) is 50.8 Å². The van der Waals surface area contributed by atoms with Gasteiger partial charge in [0.15, 0.2) is 5.16 Å². The standard InChI is InChI=1S/C15H15N3OS/c1-10(11-5-7-16-8-6-11)20-15-17-13-4-3-12(19-2)9-14(13)18-15/h3-10H,1-2H3,(H,17,18). The van der Waals surface area contributed by atoms with Gasteiger partial charge in [-0.1, -0.05) is 11.8 Å². The molecule has 1 N–H and O–H groups in total. The molecule has 102 valence electrons. The van der Waals surface area contributed by atoms with Crippen LogP contribution in [0.15, 0.2) is 47.9 Å². The van der Waals surface area contributed by atoms with Gasteiger partial charge in [-0.05, 0) is 36.8 Å². The predicted octanol–water partition coefficient (Wildman–Crippen LogP) is 3.82. The van der Waals surface area contributed by atoms with E-state index in [1.165, 1.54) is 5.56 Å². The van der Waals surface area contributed by atoms with E-state index in [-0.39, 0.29) is 0 Å². The maximum absolute atomic E-state index is 5.22. The maximum Gasteiger partial charge on any atom is 0.166 e. The highest BCUT2D eigenvalue weighted by Crippen LogP contribution is 2.34. The van der Waals surface area contributed by atoms with Crippen LogP contribution in [0.5, 0.6) is 5.75 Å². The van der Waals surface area contributed by atoms with Crippen LogP contribution in [-0.2, 0) is 0 Å². The number of aromatic nitrogens is 3. The zero-order chi connectivity index (χ0) is 13.9. The fourth-order valence-electron chi connectivity index (χ4n) is 2.02. The normalized spacial score (nSPS) is 12.5. The molecule has 0 saturated carbocycles. The van der Waals surface area contributed by atoms with Crippen molar-refractivity contribution in [2.45, 2.75) is 17.3 Å². The summed E-state index contributed by atoms with van der Waals surface area (Å²) in [6.07, 6.45) is 3.63. The average Bonchev–Trinajstić information content (AvgIpc) is 2.89. The Hall–Kier alpha value is -2.01. The summed E-state index contributed by atoms with van der Waals surface area (Å²) >= 11 is 1.70. The number of ether oxygens (including phenoxy) is 1. The number of nitrogens with one attached hydrogen (secondary N) is 1. The van der Waals surface area contributed by atoms with E-state index in [1.54, 1.807) is 18.9 Å². The molecule has 0 aliphatic heterocycles. The highest BCUT2D eigenvalue weighted by molar-refractivity contribution is 7.99. The summed E-state index contributed by atoms with van der Waals surface area (Å²) in [4.78, 5) is 12.0. The number of hydrogen-bond donors (Lipinski definition) is 1. The van der Waals surface area contributed by atoms with Crippen molar-refractivity contribution in [2.24, 2.45) is 0 Å². The van der Waals surface area contributed by atoms with E-state index in [9.17, 15) is 0 Å². The number of fused-ring (bicyclic) bond motifs is 1. The minimum Gasteiger partial charge on any atom is -0.497 e. The Morgan fingerprint density at radius 1 is 1.20 bits per heavy atom. The summed E-state index contributed by atoms with van der Waals surface area (Å²) in [5.74, 6) is 0.833. The van der Waals surface area contributed by atoms with E-state index in [0.29, 0.717) is 5.25 Å². The van der Waals surface area contributed by atoms with Crippen molar-refractivity contribution >= 4 is 22.8 Å². The number of methoxy groups -OCH3 is 1. The molecule has 1 unspecified atom stereocenters. The summed E-state index contributed by atoms with van der Waals surface area (Å²) in [7, 11) is 1.67. The van der Waals surface area contributed by atoms with Gasteiger partial charge in [-0.15, -0.1) is 0 Å². The molecule has 1 atom stereocenters. The average molecular weight is 285 g/mol. The van der Waals surface area contributed by atoms with Gasteiger partial charge in [0.1, 0.15) is 5.75 Å². The zero-order valence-corrected chi connectivity index (χ0v) is 12.1. The Morgan fingerprint density at radius 2 is 2.00 bits per heavy atom. The van der Waals surface area contributed by atoms with Gasteiger partial charge in [-0.25, -0.2) is 4.98 Å². The summed E-state index contributed by atoms with van der Waals surface area (Å²) in [6, 6.07) is 9.91. The number of nitrogens with zero attached hydrogens (tertiary/aromatic N) is 2. The SMILES string of the molecule is COc1ccc2nc(SC(C)c3ccncc3)[nH]c2c1. The molecule has 0 aliphatic rings. The van der Waals surface area contributed by atoms with Crippen molar-refractivity contribution in [1.29, 1.82) is 0 Å². The lowest BCUT2D eigenvalue weighted by molar-refractivity contribution is 0.415. The van der Waals surface area contributed by atoms with Gasteiger partial charge < -0.3 is 9.72 Å². The molecule has 20 heavy (non-hydrogen) atoms. The second kappa shape index (κ2) is 5.54. The Balaban J connectivity index is 1.84.